The average molecular weight is 319 g/mol. The quantitative estimate of drug-likeness (QED) is 0.842. The molecule has 19 heavy (non-hydrogen) atoms. The minimum atomic E-state index is 0.643. The molecule has 2 aromatic rings. The summed E-state index contributed by atoms with van der Waals surface area (Å²) >= 11 is 3.66. The van der Waals surface area contributed by atoms with Crippen molar-refractivity contribution in [3.05, 3.63) is 33.9 Å². The lowest BCUT2D eigenvalue weighted by Gasteiger charge is -2.14. The maximum atomic E-state index is 4.92. The van der Waals surface area contributed by atoms with Crippen molar-refractivity contribution in [2.75, 3.05) is 12.4 Å². The molecule has 1 aliphatic rings. The molecular formula is C16H19BrN2. The summed E-state index contributed by atoms with van der Waals surface area (Å²) in [7, 11) is 1.99. The number of pyridine rings is 1. The van der Waals surface area contributed by atoms with Crippen molar-refractivity contribution >= 4 is 32.5 Å². The van der Waals surface area contributed by atoms with E-state index in [0.717, 1.165) is 9.99 Å². The number of aryl methyl sites for hydroxylation is 1. The van der Waals surface area contributed by atoms with Crippen LogP contribution in [0.4, 0.5) is 5.69 Å². The highest BCUT2D eigenvalue weighted by Gasteiger charge is 2.20. The van der Waals surface area contributed by atoms with Gasteiger partial charge in [-0.1, -0.05) is 12.8 Å². The molecular weight excluding hydrogens is 300 g/mol. The largest absolute Gasteiger partial charge is 0.388 e. The number of halogens is 1. The van der Waals surface area contributed by atoms with Crippen LogP contribution in [-0.4, -0.2) is 12.0 Å². The third-order valence-corrected chi connectivity index (χ3v) is 4.68. The smallest absolute Gasteiger partial charge is 0.0868 e. The fraction of sp³-hybridized carbons (Fsp3) is 0.438. The van der Waals surface area contributed by atoms with E-state index in [1.807, 2.05) is 7.05 Å². The zero-order valence-corrected chi connectivity index (χ0v) is 13.0. The molecule has 3 heteroatoms. The summed E-state index contributed by atoms with van der Waals surface area (Å²) in [5, 5.41) is 4.53. The molecule has 0 unspecified atom stereocenters. The van der Waals surface area contributed by atoms with E-state index in [2.05, 4.69) is 46.4 Å². The Morgan fingerprint density at radius 2 is 1.95 bits per heavy atom. The Bertz CT molecular complexity index is 616. The highest BCUT2D eigenvalue weighted by atomic mass is 79.9. The standard InChI is InChI=1S/C16H19BrN2/c1-10-7-12-15(18-2)9-14(11-5-3-4-6-11)19-16(12)13(17)8-10/h7-9,11H,3-6H2,1-2H3,(H,18,19). The fourth-order valence-corrected chi connectivity index (χ4v) is 3.74. The van der Waals surface area contributed by atoms with E-state index in [-0.39, 0.29) is 0 Å². The van der Waals surface area contributed by atoms with E-state index in [4.69, 9.17) is 4.98 Å². The van der Waals surface area contributed by atoms with Crippen molar-refractivity contribution in [3.63, 3.8) is 0 Å². The molecule has 1 aromatic heterocycles. The maximum Gasteiger partial charge on any atom is 0.0868 e. The molecule has 100 valence electrons. The molecule has 1 N–H and O–H groups in total. The maximum absolute atomic E-state index is 4.92. The molecule has 0 atom stereocenters. The van der Waals surface area contributed by atoms with E-state index in [1.54, 1.807) is 0 Å². The average Bonchev–Trinajstić information content (AvgIpc) is 2.91. The summed E-state index contributed by atoms with van der Waals surface area (Å²) in [5.74, 6) is 0.643. The van der Waals surface area contributed by atoms with Gasteiger partial charge < -0.3 is 5.32 Å². The molecule has 1 fully saturated rings. The number of nitrogens with one attached hydrogen (secondary N) is 1. The van der Waals surface area contributed by atoms with Crippen LogP contribution < -0.4 is 5.32 Å². The summed E-state index contributed by atoms with van der Waals surface area (Å²) in [4.78, 5) is 4.92. The molecule has 1 aromatic carbocycles. The Morgan fingerprint density at radius 3 is 2.63 bits per heavy atom. The molecule has 0 spiro atoms. The number of aromatic nitrogens is 1. The van der Waals surface area contributed by atoms with Gasteiger partial charge in [-0.05, 0) is 59.5 Å². The summed E-state index contributed by atoms with van der Waals surface area (Å²) in [6.45, 7) is 2.12. The van der Waals surface area contributed by atoms with Gasteiger partial charge in [-0.3, -0.25) is 4.98 Å². The Kier molecular flexibility index (Phi) is 3.48. The number of benzene rings is 1. The van der Waals surface area contributed by atoms with Gasteiger partial charge in [-0.15, -0.1) is 0 Å². The minimum Gasteiger partial charge on any atom is -0.388 e. The number of fused-ring (bicyclic) bond motifs is 1. The second-order valence-electron chi connectivity index (χ2n) is 5.47. The zero-order chi connectivity index (χ0) is 13.4. The van der Waals surface area contributed by atoms with Gasteiger partial charge in [-0.2, -0.15) is 0 Å². The fourth-order valence-electron chi connectivity index (χ4n) is 3.08. The van der Waals surface area contributed by atoms with E-state index < -0.39 is 0 Å². The lowest BCUT2D eigenvalue weighted by molar-refractivity contribution is 0.701. The molecule has 1 saturated carbocycles. The van der Waals surface area contributed by atoms with E-state index in [9.17, 15) is 0 Å². The molecule has 1 heterocycles. The van der Waals surface area contributed by atoms with Crippen LogP contribution in [0.25, 0.3) is 10.9 Å². The number of rotatable bonds is 2. The van der Waals surface area contributed by atoms with Crippen molar-refractivity contribution in [2.24, 2.45) is 0 Å². The van der Waals surface area contributed by atoms with Crippen LogP contribution in [-0.2, 0) is 0 Å². The topological polar surface area (TPSA) is 24.9 Å². The predicted molar refractivity (Wildman–Crippen MR) is 84.9 cm³/mol. The van der Waals surface area contributed by atoms with E-state index >= 15 is 0 Å². The van der Waals surface area contributed by atoms with Gasteiger partial charge in [0.25, 0.3) is 0 Å². The van der Waals surface area contributed by atoms with Gasteiger partial charge in [0.2, 0.25) is 0 Å². The minimum absolute atomic E-state index is 0.643. The molecule has 2 nitrogen and oxygen atoms in total. The normalized spacial score (nSPS) is 16.2. The lowest BCUT2D eigenvalue weighted by Crippen LogP contribution is -2.01. The number of nitrogens with zero attached hydrogens (tertiary/aromatic N) is 1. The molecule has 0 aliphatic heterocycles. The van der Waals surface area contributed by atoms with Gasteiger partial charge in [-0.25, -0.2) is 0 Å². The SMILES string of the molecule is CNc1cc(C2CCCC2)nc2c(Br)cc(C)cc12. The van der Waals surface area contributed by atoms with Crippen LogP contribution >= 0.6 is 15.9 Å². The predicted octanol–water partition coefficient (Wildman–Crippen LogP) is 5.01. The third-order valence-electron chi connectivity index (χ3n) is 4.07. The van der Waals surface area contributed by atoms with Crippen LogP contribution in [0.5, 0.6) is 0 Å². The first kappa shape index (κ1) is 12.9. The third kappa shape index (κ3) is 2.36. The van der Waals surface area contributed by atoms with Gasteiger partial charge in [0, 0.05) is 34.2 Å². The van der Waals surface area contributed by atoms with Crippen LogP contribution in [0.2, 0.25) is 0 Å². The first-order valence-corrected chi connectivity index (χ1v) is 7.77. The monoisotopic (exact) mass is 318 g/mol. The molecule has 3 rings (SSSR count). The first-order valence-electron chi connectivity index (χ1n) is 6.97. The van der Waals surface area contributed by atoms with Crippen LogP contribution in [0.3, 0.4) is 0 Å². The number of hydrogen-bond donors (Lipinski definition) is 1. The Morgan fingerprint density at radius 1 is 1.21 bits per heavy atom. The van der Waals surface area contributed by atoms with Crippen molar-refractivity contribution in [3.8, 4) is 0 Å². The second kappa shape index (κ2) is 5.12. The van der Waals surface area contributed by atoms with Crippen molar-refractivity contribution in [1.82, 2.24) is 4.98 Å². The number of anilines is 1. The number of hydrogen-bond acceptors (Lipinski definition) is 2. The van der Waals surface area contributed by atoms with Crippen LogP contribution in [0, 0.1) is 6.92 Å². The summed E-state index contributed by atoms with van der Waals surface area (Å²) < 4.78 is 1.10. The summed E-state index contributed by atoms with van der Waals surface area (Å²) in [6.07, 6.45) is 5.25. The van der Waals surface area contributed by atoms with E-state index in [1.165, 1.54) is 48.0 Å². The summed E-state index contributed by atoms with van der Waals surface area (Å²) in [6, 6.07) is 6.59. The molecule has 0 amide bonds. The Hall–Kier alpha value is -1.09. The second-order valence-corrected chi connectivity index (χ2v) is 6.32. The van der Waals surface area contributed by atoms with Gasteiger partial charge in [0.1, 0.15) is 0 Å². The summed E-state index contributed by atoms with van der Waals surface area (Å²) in [5.41, 5.74) is 4.78. The Labute approximate surface area is 122 Å². The molecule has 1 aliphatic carbocycles. The van der Waals surface area contributed by atoms with Gasteiger partial charge in [0.15, 0.2) is 0 Å². The van der Waals surface area contributed by atoms with Crippen LogP contribution in [0.15, 0.2) is 22.7 Å². The van der Waals surface area contributed by atoms with Gasteiger partial charge >= 0.3 is 0 Å². The lowest BCUT2D eigenvalue weighted by atomic mass is 10.0. The Balaban J connectivity index is 2.21. The zero-order valence-electron chi connectivity index (χ0n) is 11.5. The molecule has 0 bridgehead atoms. The molecule has 0 saturated heterocycles. The highest BCUT2D eigenvalue weighted by Crippen LogP contribution is 2.37. The molecule has 0 radical (unpaired) electrons. The highest BCUT2D eigenvalue weighted by molar-refractivity contribution is 9.10. The van der Waals surface area contributed by atoms with Crippen LogP contribution in [0.1, 0.15) is 42.9 Å². The van der Waals surface area contributed by atoms with Crippen molar-refractivity contribution in [1.29, 1.82) is 0 Å². The first-order chi connectivity index (χ1) is 9.19. The van der Waals surface area contributed by atoms with Gasteiger partial charge in [0.05, 0.1) is 5.52 Å². The van der Waals surface area contributed by atoms with Crippen molar-refractivity contribution < 1.29 is 0 Å². The van der Waals surface area contributed by atoms with E-state index in [0.29, 0.717) is 5.92 Å². The van der Waals surface area contributed by atoms with Crippen molar-refractivity contribution in [2.45, 2.75) is 38.5 Å².